The van der Waals surface area contributed by atoms with Crippen molar-refractivity contribution in [3.63, 3.8) is 0 Å². The number of amides is 1. The number of nitrogens with one attached hydrogen (secondary N) is 1. The number of carbonyl (C=O) groups is 1. The molecule has 3 nitrogen and oxygen atoms in total. The zero-order valence-corrected chi connectivity index (χ0v) is 14.7. The Hall–Kier alpha value is -1.33. The van der Waals surface area contributed by atoms with Gasteiger partial charge in [-0.1, -0.05) is 6.07 Å². The van der Waals surface area contributed by atoms with Gasteiger partial charge in [-0.05, 0) is 70.9 Å². The maximum Gasteiger partial charge on any atom is 0.220 e. The first kappa shape index (κ1) is 15.6. The highest BCUT2D eigenvalue weighted by atomic mass is 79.9. The van der Waals surface area contributed by atoms with Crippen LogP contribution in [0, 0.1) is 0 Å². The third-order valence-electron chi connectivity index (χ3n) is 4.04. The summed E-state index contributed by atoms with van der Waals surface area (Å²) in [7, 11) is 0. The maximum atomic E-state index is 12.2. The number of nitrogen functional groups attached to an aromatic ring is 1. The molecule has 0 saturated carbocycles. The lowest BCUT2D eigenvalue weighted by Gasteiger charge is -2.26. The number of nitrogens with two attached hydrogens (primary N) is 1. The van der Waals surface area contributed by atoms with Gasteiger partial charge in [-0.2, -0.15) is 0 Å². The maximum absolute atomic E-state index is 12.2. The number of hydrogen-bond acceptors (Lipinski definition) is 3. The van der Waals surface area contributed by atoms with Gasteiger partial charge in [0.1, 0.15) is 0 Å². The zero-order valence-electron chi connectivity index (χ0n) is 12.3. The summed E-state index contributed by atoms with van der Waals surface area (Å²) in [4.78, 5) is 13.5. The quantitative estimate of drug-likeness (QED) is 0.782. The Kier molecular flexibility index (Phi) is 4.84. The minimum Gasteiger partial charge on any atom is -0.399 e. The van der Waals surface area contributed by atoms with Gasteiger partial charge in [-0.15, -0.1) is 11.3 Å². The highest BCUT2D eigenvalue weighted by Crippen LogP contribution is 2.31. The van der Waals surface area contributed by atoms with Crippen molar-refractivity contribution < 1.29 is 4.79 Å². The predicted octanol–water partition coefficient (Wildman–Crippen LogP) is 4.22. The number of anilines is 1. The Bertz CT molecular complexity index is 683. The molecular weight excluding hydrogens is 360 g/mol. The Morgan fingerprint density at radius 2 is 2.27 bits per heavy atom. The third kappa shape index (κ3) is 3.70. The molecule has 1 aliphatic carbocycles. The molecule has 0 radical (unpaired) electrons. The van der Waals surface area contributed by atoms with Crippen LogP contribution in [-0.4, -0.2) is 5.91 Å². The summed E-state index contributed by atoms with van der Waals surface area (Å²) in [6.45, 7) is 0. The highest BCUT2D eigenvalue weighted by Gasteiger charge is 2.21. The van der Waals surface area contributed by atoms with Gasteiger partial charge in [0.15, 0.2) is 0 Å². The van der Waals surface area contributed by atoms with Crippen LogP contribution in [-0.2, 0) is 17.6 Å². The molecule has 3 N–H and O–H groups in total. The second kappa shape index (κ2) is 6.84. The van der Waals surface area contributed by atoms with Crippen molar-refractivity contribution in [3.8, 4) is 0 Å². The SMILES string of the molecule is Nc1ccc2c(c1)CCCC2NC(=O)CCc1cc(Br)cs1. The Balaban J connectivity index is 1.60. The van der Waals surface area contributed by atoms with E-state index < -0.39 is 0 Å². The second-order valence-corrected chi connectivity index (χ2v) is 7.61. The molecule has 0 saturated heterocycles. The van der Waals surface area contributed by atoms with Gasteiger partial charge >= 0.3 is 0 Å². The minimum absolute atomic E-state index is 0.124. The number of thiophene rings is 1. The molecule has 2 aromatic rings. The molecule has 1 aliphatic rings. The molecule has 0 spiro atoms. The number of halogens is 1. The van der Waals surface area contributed by atoms with Crippen LogP contribution in [0.3, 0.4) is 0 Å². The largest absolute Gasteiger partial charge is 0.399 e. The second-order valence-electron chi connectivity index (χ2n) is 5.70. The van der Waals surface area contributed by atoms with E-state index in [1.165, 1.54) is 16.0 Å². The average Bonchev–Trinajstić information content (AvgIpc) is 2.91. The normalized spacial score (nSPS) is 17.0. The van der Waals surface area contributed by atoms with Crippen LogP contribution >= 0.6 is 27.3 Å². The summed E-state index contributed by atoms with van der Waals surface area (Å²) in [5.41, 5.74) is 9.16. The van der Waals surface area contributed by atoms with Crippen molar-refractivity contribution >= 4 is 38.9 Å². The molecular formula is C17H19BrN2OS. The molecule has 0 bridgehead atoms. The van der Waals surface area contributed by atoms with Crippen molar-refractivity contribution in [2.75, 3.05) is 5.73 Å². The smallest absolute Gasteiger partial charge is 0.220 e. The topological polar surface area (TPSA) is 55.1 Å². The van der Waals surface area contributed by atoms with E-state index in [1.807, 2.05) is 12.1 Å². The van der Waals surface area contributed by atoms with E-state index in [4.69, 9.17) is 5.73 Å². The number of hydrogen-bond donors (Lipinski definition) is 2. The molecule has 1 atom stereocenters. The fourth-order valence-corrected chi connectivity index (χ4v) is 4.43. The minimum atomic E-state index is 0.124. The number of aryl methyl sites for hydroxylation is 2. The first-order chi connectivity index (χ1) is 10.6. The Labute approximate surface area is 143 Å². The summed E-state index contributed by atoms with van der Waals surface area (Å²) < 4.78 is 1.09. The van der Waals surface area contributed by atoms with E-state index in [-0.39, 0.29) is 11.9 Å². The van der Waals surface area contributed by atoms with Crippen LogP contribution in [0.4, 0.5) is 5.69 Å². The molecule has 0 aliphatic heterocycles. The monoisotopic (exact) mass is 378 g/mol. The van der Waals surface area contributed by atoms with E-state index >= 15 is 0 Å². The van der Waals surface area contributed by atoms with E-state index in [2.05, 4.69) is 38.8 Å². The molecule has 1 heterocycles. The van der Waals surface area contributed by atoms with Crippen molar-refractivity contribution in [1.29, 1.82) is 0 Å². The van der Waals surface area contributed by atoms with E-state index in [9.17, 15) is 4.79 Å². The summed E-state index contributed by atoms with van der Waals surface area (Å²) in [5, 5.41) is 5.24. The third-order valence-corrected chi connectivity index (χ3v) is 5.79. The lowest BCUT2D eigenvalue weighted by atomic mass is 9.87. The average molecular weight is 379 g/mol. The summed E-state index contributed by atoms with van der Waals surface area (Å²) in [6, 6.07) is 8.23. The molecule has 1 amide bonds. The molecule has 1 aromatic heterocycles. The van der Waals surface area contributed by atoms with E-state index in [0.29, 0.717) is 6.42 Å². The van der Waals surface area contributed by atoms with Crippen LogP contribution < -0.4 is 11.1 Å². The number of carbonyl (C=O) groups excluding carboxylic acids is 1. The van der Waals surface area contributed by atoms with Gasteiger partial charge in [0.2, 0.25) is 5.91 Å². The fourth-order valence-electron chi connectivity index (χ4n) is 2.97. The summed E-state index contributed by atoms with van der Waals surface area (Å²) in [5.74, 6) is 0.124. The molecule has 22 heavy (non-hydrogen) atoms. The zero-order chi connectivity index (χ0) is 15.5. The van der Waals surface area contributed by atoms with Gasteiger partial charge in [0.25, 0.3) is 0 Å². The van der Waals surface area contributed by atoms with Gasteiger partial charge in [0, 0.05) is 26.8 Å². The molecule has 3 rings (SSSR count). The van der Waals surface area contributed by atoms with E-state index in [0.717, 1.165) is 35.8 Å². The Morgan fingerprint density at radius 3 is 3.05 bits per heavy atom. The van der Waals surface area contributed by atoms with Gasteiger partial charge in [0.05, 0.1) is 6.04 Å². The van der Waals surface area contributed by atoms with Crippen molar-refractivity contribution in [3.05, 3.63) is 50.1 Å². The first-order valence-corrected chi connectivity index (χ1v) is 9.19. The molecule has 1 unspecified atom stereocenters. The van der Waals surface area contributed by atoms with Crippen molar-refractivity contribution in [1.82, 2.24) is 5.32 Å². The van der Waals surface area contributed by atoms with Gasteiger partial charge in [-0.3, -0.25) is 4.79 Å². The predicted molar refractivity (Wildman–Crippen MR) is 95.0 cm³/mol. The van der Waals surface area contributed by atoms with Crippen LogP contribution in [0.2, 0.25) is 0 Å². The number of fused-ring (bicyclic) bond motifs is 1. The standard InChI is InChI=1S/C17H19BrN2OS/c18-12-9-14(22-10-12)5-7-17(21)20-16-3-1-2-11-8-13(19)4-6-15(11)16/h4,6,8-10,16H,1-3,5,7,19H2,(H,20,21). The lowest BCUT2D eigenvalue weighted by Crippen LogP contribution is -2.31. The van der Waals surface area contributed by atoms with Crippen molar-refractivity contribution in [2.45, 2.75) is 38.1 Å². The van der Waals surface area contributed by atoms with Crippen LogP contribution in [0.1, 0.15) is 41.3 Å². The molecule has 1 aromatic carbocycles. The highest BCUT2D eigenvalue weighted by molar-refractivity contribution is 9.10. The fraction of sp³-hybridized carbons (Fsp3) is 0.353. The molecule has 0 fully saturated rings. The lowest BCUT2D eigenvalue weighted by molar-refractivity contribution is -0.121. The van der Waals surface area contributed by atoms with E-state index in [1.54, 1.807) is 11.3 Å². The number of rotatable bonds is 4. The summed E-state index contributed by atoms with van der Waals surface area (Å²) >= 11 is 5.13. The molecule has 116 valence electrons. The van der Waals surface area contributed by atoms with Gasteiger partial charge in [-0.25, -0.2) is 0 Å². The number of benzene rings is 1. The summed E-state index contributed by atoms with van der Waals surface area (Å²) in [6.07, 6.45) is 4.49. The molecule has 5 heteroatoms. The van der Waals surface area contributed by atoms with Crippen molar-refractivity contribution in [2.24, 2.45) is 0 Å². The Morgan fingerprint density at radius 1 is 1.41 bits per heavy atom. The van der Waals surface area contributed by atoms with Crippen LogP contribution in [0.15, 0.2) is 34.1 Å². The van der Waals surface area contributed by atoms with Crippen LogP contribution in [0.25, 0.3) is 0 Å². The van der Waals surface area contributed by atoms with Gasteiger partial charge < -0.3 is 11.1 Å². The first-order valence-electron chi connectivity index (χ1n) is 7.52. The van der Waals surface area contributed by atoms with Crippen LogP contribution in [0.5, 0.6) is 0 Å².